The van der Waals surface area contributed by atoms with Crippen molar-refractivity contribution in [1.82, 2.24) is 9.80 Å². The van der Waals surface area contributed by atoms with Gasteiger partial charge in [-0.25, -0.2) is 0 Å². The highest BCUT2D eigenvalue weighted by Crippen LogP contribution is 2.18. The van der Waals surface area contributed by atoms with E-state index in [0.29, 0.717) is 18.0 Å². The van der Waals surface area contributed by atoms with Gasteiger partial charge in [0.05, 0.1) is 24.6 Å². The van der Waals surface area contributed by atoms with Crippen LogP contribution in [0.4, 0.5) is 0 Å². The fourth-order valence-electron chi connectivity index (χ4n) is 3.24. The highest BCUT2D eigenvalue weighted by molar-refractivity contribution is 7.12. The van der Waals surface area contributed by atoms with E-state index in [4.69, 9.17) is 9.47 Å². The van der Waals surface area contributed by atoms with Crippen molar-refractivity contribution in [2.75, 3.05) is 33.9 Å². The lowest BCUT2D eigenvalue weighted by Gasteiger charge is -2.28. The molecule has 1 atom stereocenters. The molecule has 0 aliphatic carbocycles. The zero-order chi connectivity index (χ0) is 19.9. The minimum Gasteiger partial charge on any atom is -0.497 e. The van der Waals surface area contributed by atoms with Crippen molar-refractivity contribution < 1.29 is 19.1 Å². The molecule has 0 bridgehead atoms. The third kappa shape index (κ3) is 5.33. The number of amides is 2. The number of hydrogen-bond donors (Lipinski definition) is 0. The average molecular weight is 403 g/mol. The third-order valence-electron chi connectivity index (χ3n) is 4.76. The summed E-state index contributed by atoms with van der Waals surface area (Å²) < 4.78 is 11.0. The summed E-state index contributed by atoms with van der Waals surface area (Å²) in [5, 5.41) is 1.86. The van der Waals surface area contributed by atoms with Gasteiger partial charge < -0.3 is 19.3 Å². The van der Waals surface area contributed by atoms with Crippen molar-refractivity contribution in [1.29, 1.82) is 0 Å². The first-order valence-corrected chi connectivity index (χ1v) is 10.3. The van der Waals surface area contributed by atoms with Gasteiger partial charge in [0.25, 0.3) is 5.91 Å². The summed E-state index contributed by atoms with van der Waals surface area (Å²) >= 11 is 1.38. The zero-order valence-corrected chi connectivity index (χ0v) is 17.1. The van der Waals surface area contributed by atoms with Crippen LogP contribution in [0.15, 0.2) is 41.8 Å². The van der Waals surface area contributed by atoms with E-state index < -0.39 is 0 Å². The summed E-state index contributed by atoms with van der Waals surface area (Å²) in [6, 6.07) is 11.3. The van der Waals surface area contributed by atoms with Crippen LogP contribution >= 0.6 is 11.3 Å². The topological polar surface area (TPSA) is 59.1 Å². The maximum absolute atomic E-state index is 13.0. The molecule has 1 fully saturated rings. The Morgan fingerprint density at radius 2 is 2.14 bits per heavy atom. The quantitative estimate of drug-likeness (QED) is 0.681. The molecule has 0 radical (unpaired) electrons. The number of ether oxygens (including phenoxy) is 2. The van der Waals surface area contributed by atoms with Crippen LogP contribution in [0.2, 0.25) is 0 Å². The molecule has 1 aromatic heterocycles. The summed E-state index contributed by atoms with van der Waals surface area (Å²) in [5.74, 6) is 0.527. The van der Waals surface area contributed by atoms with Crippen LogP contribution in [0.3, 0.4) is 0 Å². The molecular weight excluding hydrogens is 376 g/mol. The fourth-order valence-corrected chi connectivity index (χ4v) is 3.96. The molecular formula is C21H26N2O4S. The number of nitrogens with zero attached hydrogens (tertiary/aromatic N) is 2. The highest BCUT2D eigenvalue weighted by atomic mass is 32.1. The smallest absolute Gasteiger partial charge is 0.264 e. The summed E-state index contributed by atoms with van der Waals surface area (Å²) in [4.78, 5) is 29.4. The predicted molar refractivity (Wildman–Crippen MR) is 109 cm³/mol. The standard InChI is InChI=1S/C21H26N2O4S/c1-22(21(25)19-9-5-11-28-19)15-20(24)23(14-18-8-4-10-27-18)13-16-6-3-7-17(12-16)26-2/h3,5-7,9,11-12,18H,4,8,10,13-15H2,1-2H3. The maximum atomic E-state index is 13.0. The maximum Gasteiger partial charge on any atom is 0.264 e. The van der Waals surface area contributed by atoms with E-state index in [0.717, 1.165) is 30.8 Å². The summed E-state index contributed by atoms with van der Waals surface area (Å²) in [6.07, 6.45) is 2.02. The van der Waals surface area contributed by atoms with E-state index in [1.54, 1.807) is 25.1 Å². The first kappa shape index (κ1) is 20.4. The molecule has 0 N–H and O–H groups in total. The van der Waals surface area contributed by atoms with E-state index in [1.807, 2.05) is 35.7 Å². The third-order valence-corrected chi connectivity index (χ3v) is 5.62. The number of carbonyl (C=O) groups is 2. The number of thiophene rings is 1. The zero-order valence-electron chi connectivity index (χ0n) is 16.3. The summed E-state index contributed by atoms with van der Waals surface area (Å²) in [6.45, 7) is 1.75. The van der Waals surface area contributed by atoms with Gasteiger partial charge >= 0.3 is 0 Å². The minimum absolute atomic E-state index is 0.0351. The molecule has 7 heteroatoms. The monoisotopic (exact) mass is 402 g/mol. The van der Waals surface area contributed by atoms with Crippen molar-refractivity contribution >= 4 is 23.2 Å². The second kappa shape index (κ2) is 9.71. The Morgan fingerprint density at radius 1 is 1.29 bits per heavy atom. The number of hydrogen-bond acceptors (Lipinski definition) is 5. The van der Waals surface area contributed by atoms with Gasteiger partial charge in [0.1, 0.15) is 5.75 Å². The number of likely N-dealkylation sites (N-methyl/N-ethyl adjacent to an activating group) is 1. The van der Waals surface area contributed by atoms with Gasteiger partial charge in [-0.3, -0.25) is 9.59 Å². The number of methoxy groups -OCH3 is 1. The van der Waals surface area contributed by atoms with Crippen LogP contribution in [0.5, 0.6) is 5.75 Å². The fraction of sp³-hybridized carbons (Fsp3) is 0.429. The molecule has 1 unspecified atom stereocenters. The molecule has 0 spiro atoms. The van der Waals surface area contributed by atoms with Crippen LogP contribution in [0, 0.1) is 0 Å². The number of carbonyl (C=O) groups excluding carboxylic acids is 2. The molecule has 2 amide bonds. The van der Waals surface area contributed by atoms with E-state index in [2.05, 4.69) is 0 Å². The second-order valence-electron chi connectivity index (χ2n) is 6.90. The Balaban J connectivity index is 1.69. The Morgan fingerprint density at radius 3 is 2.82 bits per heavy atom. The molecule has 6 nitrogen and oxygen atoms in total. The molecule has 1 aromatic carbocycles. The van der Waals surface area contributed by atoms with Gasteiger partial charge in [-0.1, -0.05) is 18.2 Å². The first-order valence-electron chi connectivity index (χ1n) is 9.38. The Hall–Kier alpha value is -2.38. The SMILES string of the molecule is COc1cccc(CN(CC2CCCO2)C(=O)CN(C)C(=O)c2cccs2)c1. The molecule has 1 aliphatic heterocycles. The molecule has 28 heavy (non-hydrogen) atoms. The van der Waals surface area contributed by atoms with Gasteiger partial charge in [-0.15, -0.1) is 11.3 Å². The van der Waals surface area contributed by atoms with Crippen molar-refractivity contribution in [3.05, 3.63) is 52.2 Å². The van der Waals surface area contributed by atoms with Crippen LogP contribution < -0.4 is 4.74 Å². The largest absolute Gasteiger partial charge is 0.497 e. The molecule has 1 saturated heterocycles. The molecule has 0 saturated carbocycles. The van der Waals surface area contributed by atoms with Crippen LogP contribution in [0.1, 0.15) is 28.1 Å². The van der Waals surface area contributed by atoms with Gasteiger partial charge in [0.2, 0.25) is 5.91 Å². The van der Waals surface area contributed by atoms with E-state index in [9.17, 15) is 9.59 Å². The number of benzene rings is 1. The first-order chi connectivity index (χ1) is 13.6. The van der Waals surface area contributed by atoms with E-state index >= 15 is 0 Å². The van der Waals surface area contributed by atoms with Gasteiger partial charge in [0.15, 0.2) is 0 Å². The summed E-state index contributed by atoms with van der Waals surface area (Å²) in [5.41, 5.74) is 0.984. The van der Waals surface area contributed by atoms with Crippen molar-refractivity contribution in [2.45, 2.75) is 25.5 Å². The van der Waals surface area contributed by atoms with E-state index in [-0.39, 0.29) is 24.5 Å². The van der Waals surface area contributed by atoms with E-state index in [1.165, 1.54) is 16.2 Å². The number of rotatable bonds is 8. The van der Waals surface area contributed by atoms with Crippen molar-refractivity contribution in [3.8, 4) is 5.75 Å². The molecule has 1 aliphatic rings. The van der Waals surface area contributed by atoms with Crippen LogP contribution in [-0.4, -0.2) is 61.6 Å². The minimum atomic E-state index is -0.137. The van der Waals surface area contributed by atoms with Gasteiger partial charge in [0, 0.05) is 26.7 Å². The lowest BCUT2D eigenvalue weighted by molar-refractivity contribution is -0.133. The Bertz CT molecular complexity index is 787. The normalized spacial score (nSPS) is 16.0. The van der Waals surface area contributed by atoms with Crippen LogP contribution in [0.25, 0.3) is 0 Å². The lowest BCUT2D eigenvalue weighted by Crippen LogP contribution is -2.43. The van der Waals surface area contributed by atoms with Gasteiger partial charge in [-0.05, 0) is 42.0 Å². The average Bonchev–Trinajstić information content (AvgIpc) is 3.41. The summed E-state index contributed by atoms with van der Waals surface area (Å²) in [7, 11) is 3.29. The molecule has 2 heterocycles. The van der Waals surface area contributed by atoms with Crippen LogP contribution in [-0.2, 0) is 16.1 Å². The predicted octanol–water partition coefficient (Wildman–Crippen LogP) is 3.04. The van der Waals surface area contributed by atoms with Gasteiger partial charge in [-0.2, -0.15) is 0 Å². The Kier molecular flexibility index (Phi) is 7.06. The molecule has 3 rings (SSSR count). The molecule has 2 aromatic rings. The highest BCUT2D eigenvalue weighted by Gasteiger charge is 2.25. The second-order valence-corrected chi connectivity index (χ2v) is 7.85. The lowest BCUT2D eigenvalue weighted by atomic mass is 10.1. The van der Waals surface area contributed by atoms with Crippen molar-refractivity contribution in [3.63, 3.8) is 0 Å². The van der Waals surface area contributed by atoms with Crippen molar-refractivity contribution in [2.24, 2.45) is 0 Å². The molecule has 150 valence electrons. The Labute approximate surface area is 169 Å².